The molecule has 1 rings (SSSR count). The zero-order valence-corrected chi connectivity index (χ0v) is 8.89. The summed E-state index contributed by atoms with van der Waals surface area (Å²) in [7, 11) is 0. The summed E-state index contributed by atoms with van der Waals surface area (Å²) in [5.41, 5.74) is 6.98. The van der Waals surface area contributed by atoms with Crippen LogP contribution in [0.15, 0.2) is 6.07 Å². The SMILES string of the molecule is CC(Cc1cc(N)n[nH]1)C(C)(C)C. The number of hydrogen-bond donors (Lipinski definition) is 2. The molecule has 0 aliphatic rings. The van der Waals surface area contributed by atoms with Crippen molar-refractivity contribution in [3.63, 3.8) is 0 Å². The topological polar surface area (TPSA) is 54.7 Å². The smallest absolute Gasteiger partial charge is 0.145 e. The Balaban J connectivity index is 2.60. The molecule has 1 aromatic rings. The van der Waals surface area contributed by atoms with E-state index < -0.39 is 0 Å². The van der Waals surface area contributed by atoms with Gasteiger partial charge in [0, 0.05) is 11.8 Å². The van der Waals surface area contributed by atoms with E-state index in [1.165, 1.54) is 0 Å². The van der Waals surface area contributed by atoms with Gasteiger partial charge in [0.25, 0.3) is 0 Å². The van der Waals surface area contributed by atoms with E-state index in [-0.39, 0.29) is 0 Å². The lowest BCUT2D eigenvalue weighted by molar-refractivity contribution is 0.258. The van der Waals surface area contributed by atoms with Gasteiger partial charge in [0.2, 0.25) is 0 Å². The van der Waals surface area contributed by atoms with Crippen molar-refractivity contribution in [2.75, 3.05) is 5.73 Å². The monoisotopic (exact) mass is 181 g/mol. The van der Waals surface area contributed by atoms with Gasteiger partial charge < -0.3 is 5.73 Å². The van der Waals surface area contributed by atoms with Crippen LogP contribution in [0.25, 0.3) is 0 Å². The molecule has 0 fully saturated rings. The minimum atomic E-state index is 0.333. The summed E-state index contributed by atoms with van der Waals surface area (Å²) in [6, 6.07) is 1.90. The summed E-state index contributed by atoms with van der Waals surface area (Å²) in [5.74, 6) is 1.20. The first-order valence-corrected chi connectivity index (χ1v) is 4.69. The first kappa shape index (κ1) is 10.1. The molecule has 1 aromatic heterocycles. The fourth-order valence-corrected chi connectivity index (χ4v) is 1.12. The Morgan fingerprint density at radius 3 is 2.54 bits per heavy atom. The lowest BCUT2D eigenvalue weighted by Gasteiger charge is -2.26. The third kappa shape index (κ3) is 2.76. The van der Waals surface area contributed by atoms with Gasteiger partial charge in [-0.15, -0.1) is 0 Å². The van der Waals surface area contributed by atoms with E-state index >= 15 is 0 Å². The number of aromatic nitrogens is 2. The highest BCUT2D eigenvalue weighted by Gasteiger charge is 2.20. The molecule has 1 atom stereocenters. The molecule has 0 aliphatic heterocycles. The lowest BCUT2D eigenvalue weighted by atomic mass is 9.79. The van der Waals surface area contributed by atoms with Gasteiger partial charge in [-0.2, -0.15) is 5.10 Å². The first-order valence-electron chi connectivity index (χ1n) is 4.69. The average molecular weight is 181 g/mol. The quantitative estimate of drug-likeness (QED) is 0.735. The van der Waals surface area contributed by atoms with E-state index in [2.05, 4.69) is 37.9 Å². The minimum Gasteiger partial charge on any atom is -0.382 e. The molecule has 13 heavy (non-hydrogen) atoms. The van der Waals surface area contributed by atoms with E-state index in [1.54, 1.807) is 0 Å². The van der Waals surface area contributed by atoms with Crippen molar-refractivity contribution in [3.05, 3.63) is 11.8 Å². The molecule has 3 heteroatoms. The van der Waals surface area contributed by atoms with Crippen molar-refractivity contribution in [1.29, 1.82) is 0 Å². The van der Waals surface area contributed by atoms with Crippen LogP contribution in [0.5, 0.6) is 0 Å². The normalized spacial score (nSPS) is 14.5. The number of nitrogens with zero attached hydrogens (tertiary/aromatic N) is 1. The molecule has 0 bridgehead atoms. The fourth-order valence-electron chi connectivity index (χ4n) is 1.12. The Bertz CT molecular complexity index is 270. The molecule has 0 aliphatic carbocycles. The van der Waals surface area contributed by atoms with Crippen LogP contribution in [-0.4, -0.2) is 10.2 Å². The number of nitrogens with two attached hydrogens (primary N) is 1. The largest absolute Gasteiger partial charge is 0.382 e. The standard InChI is InChI=1S/C10H19N3/c1-7(10(2,3)4)5-8-6-9(11)13-12-8/h6-7H,5H2,1-4H3,(H3,11,12,13). The van der Waals surface area contributed by atoms with Gasteiger partial charge in [-0.1, -0.05) is 27.7 Å². The van der Waals surface area contributed by atoms with Gasteiger partial charge in [-0.25, -0.2) is 0 Å². The number of nitrogen functional groups attached to an aromatic ring is 1. The summed E-state index contributed by atoms with van der Waals surface area (Å²) in [4.78, 5) is 0. The Labute approximate surface area is 79.7 Å². The summed E-state index contributed by atoms with van der Waals surface area (Å²) < 4.78 is 0. The van der Waals surface area contributed by atoms with Gasteiger partial charge in [0.05, 0.1) is 0 Å². The third-order valence-corrected chi connectivity index (χ3v) is 2.66. The van der Waals surface area contributed by atoms with Crippen LogP contribution in [-0.2, 0) is 6.42 Å². The van der Waals surface area contributed by atoms with E-state index in [0.29, 0.717) is 17.2 Å². The van der Waals surface area contributed by atoms with Crippen LogP contribution in [0.4, 0.5) is 5.82 Å². The van der Waals surface area contributed by atoms with Gasteiger partial charge in [-0.05, 0) is 17.8 Å². The Morgan fingerprint density at radius 1 is 1.54 bits per heavy atom. The minimum absolute atomic E-state index is 0.333. The first-order chi connectivity index (χ1) is 5.89. The number of H-pyrrole nitrogens is 1. The van der Waals surface area contributed by atoms with E-state index in [0.717, 1.165) is 12.1 Å². The second-order valence-corrected chi connectivity index (χ2v) is 4.79. The summed E-state index contributed by atoms with van der Waals surface area (Å²) in [5, 5.41) is 6.84. The third-order valence-electron chi connectivity index (χ3n) is 2.66. The van der Waals surface area contributed by atoms with Crippen molar-refractivity contribution >= 4 is 5.82 Å². The second kappa shape index (κ2) is 3.40. The highest BCUT2D eigenvalue weighted by molar-refractivity contribution is 5.28. The molecular weight excluding hydrogens is 162 g/mol. The number of hydrogen-bond acceptors (Lipinski definition) is 2. The van der Waals surface area contributed by atoms with E-state index in [4.69, 9.17) is 5.73 Å². The molecule has 0 aromatic carbocycles. The number of rotatable bonds is 2. The van der Waals surface area contributed by atoms with Gasteiger partial charge >= 0.3 is 0 Å². The van der Waals surface area contributed by atoms with Crippen molar-refractivity contribution in [2.45, 2.75) is 34.1 Å². The molecule has 0 amide bonds. The molecule has 0 saturated carbocycles. The number of anilines is 1. The van der Waals surface area contributed by atoms with Crippen LogP contribution in [0.3, 0.4) is 0 Å². The zero-order valence-electron chi connectivity index (χ0n) is 8.89. The van der Waals surface area contributed by atoms with Gasteiger partial charge in [0.15, 0.2) is 0 Å². The molecule has 0 spiro atoms. The summed E-state index contributed by atoms with van der Waals surface area (Å²) in [6.45, 7) is 8.99. The predicted molar refractivity (Wildman–Crippen MR) is 55.3 cm³/mol. The van der Waals surface area contributed by atoms with E-state index in [9.17, 15) is 0 Å². The highest BCUT2D eigenvalue weighted by Crippen LogP contribution is 2.28. The van der Waals surface area contributed by atoms with Crippen LogP contribution in [0.2, 0.25) is 0 Å². The number of aromatic amines is 1. The van der Waals surface area contributed by atoms with Gasteiger partial charge in [0.1, 0.15) is 5.82 Å². The molecular formula is C10H19N3. The lowest BCUT2D eigenvalue weighted by Crippen LogP contribution is -2.19. The van der Waals surface area contributed by atoms with Crippen LogP contribution >= 0.6 is 0 Å². The number of nitrogens with one attached hydrogen (secondary N) is 1. The van der Waals surface area contributed by atoms with Crippen molar-refractivity contribution < 1.29 is 0 Å². The average Bonchev–Trinajstić information content (AvgIpc) is 2.33. The molecule has 1 unspecified atom stereocenters. The van der Waals surface area contributed by atoms with Crippen LogP contribution in [0.1, 0.15) is 33.4 Å². The summed E-state index contributed by atoms with van der Waals surface area (Å²) in [6.07, 6.45) is 1.01. The van der Waals surface area contributed by atoms with E-state index in [1.807, 2.05) is 6.07 Å². The highest BCUT2D eigenvalue weighted by atomic mass is 15.1. The molecule has 0 saturated heterocycles. The maximum Gasteiger partial charge on any atom is 0.145 e. The van der Waals surface area contributed by atoms with Gasteiger partial charge in [-0.3, -0.25) is 5.10 Å². The zero-order chi connectivity index (χ0) is 10.1. The molecule has 1 heterocycles. The fraction of sp³-hybridized carbons (Fsp3) is 0.700. The Morgan fingerprint density at radius 2 is 2.15 bits per heavy atom. The summed E-state index contributed by atoms with van der Waals surface area (Å²) >= 11 is 0. The van der Waals surface area contributed by atoms with Crippen molar-refractivity contribution in [2.24, 2.45) is 11.3 Å². The Kier molecular flexibility index (Phi) is 2.64. The molecule has 0 radical (unpaired) electrons. The van der Waals surface area contributed by atoms with Crippen LogP contribution in [0, 0.1) is 11.3 Å². The maximum atomic E-state index is 5.52. The molecule has 3 nitrogen and oxygen atoms in total. The second-order valence-electron chi connectivity index (χ2n) is 4.79. The maximum absolute atomic E-state index is 5.52. The predicted octanol–water partition coefficient (Wildman–Crippen LogP) is 2.22. The Hall–Kier alpha value is -0.990. The molecule has 74 valence electrons. The van der Waals surface area contributed by atoms with Crippen molar-refractivity contribution in [3.8, 4) is 0 Å². The molecule has 3 N–H and O–H groups in total. The van der Waals surface area contributed by atoms with Crippen molar-refractivity contribution in [1.82, 2.24) is 10.2 Å². The van der Waals surface area contributed by atoms with Crippen LogP contribution < -0.4 is 5.73 Å².